The zero-order valence-corrected chi connectivity index (χ0v) is 13.6. The SMILES string of the molecule is Cc1ccc(-c2nc3c(C)cccn3c2CCC(=O)O)cc1C. The summed E-state index contributed by atoms with van der Waals surface area (Å²) in [6, 6.07) is 10.3. The first-order valence-corrected chi connectivity index (χ1v) is 7.73. The molecule has 0 aliphatic carbocycles. The summed E-state index contributed by atoms with van der Waals surface area (Å²) >= 11 is 0. The van der Waals surface area contributed by atoms with Crippen molar-refractivity contribution in [2.75, 3.05) is 0 Å². The molecular weight excluding hydrogens is 288 g/mol. The molecule has 3 aromatic rings. The molecule has 0 fully saturated rings. The van der Waals surface area contributed by atoms with Crippen LogP contribution in [0.1, 0.15) is 28.8 Å². The van der Waals surface area contributed by atoms with Crippen molar-refractivity contribution in [1.82, 2.24) is 9.38 Å². The molecule has 2 heterocycles. The number of hydrogen-bond donors (Lipinski definition) is 1. The van der Waals surface area contributed by atoms with Gasteiger partial charge in [-0.1, -0.05) is 18.2 Å². The highest BCUT2D eigenvalue weighted by Crippen LogP contribution is 2.28. The Kier molecular flexibility index (Phi) is 3.90. The van der Waals surface area contributed by atoms with Crippen molar-refractivity contribution < 1.29 is 9.90 Å². The predicted octanol–water partition coefficient (Wildman–Crippen LogP) is 3.94. The lowest BCUT2D eigenvalue weighted by Crippen LogP contribution is -2.02. The Hall–Kier alpha value is -2.62. The van der Waals surface area contributed by atoms with E-state index in [1.54, 1.807) is 0 Å². The Morgan fingerprint density at radius 3 is 2.61 bits per heavy atom. The van der Waals surface area contributed by atoms with E-state index in [0.29, 0.717) is 6.42 Å². The molecule has 23 heavy (non-hydrogen) atoms. The second-order valence-corrected chi connectivity index (χ2v) is 5.98. The smallest absolute Gasteiger partial charge is 0.303 e. The summed E-state index contributed by atoms with van der Waals surface area (Å²) in [7, 11) is 0. The van der Waals surface area contributed by atoms with Crippen LogP contribution < -0.4 is 0 Å². The van der Waals surface area contributed by atoms with Crippen molar-refractivity contribution in [3.05, 3.63) is 58.9 Å². The van der Waals surface area contributed by atoms with Crippen molar-refractivity contribution in [3.63, 3.8) is 0 Å². The van der Waals surface area contributed by atoms with Crippen LogP contribution in [-0.2, 0) is 11.2 Å². The van der Waals surface area contributed by atoms with Gasteiger partial charge in [0.1, 0.15) is 5.65 Å². The van der Waals surface area contributed by atoms with E-state index in [0.717, 1.165) is 28.2 Å². The predicted molar refractivity (Wildman–Crippen MR) is 90.8 cm³/mol. The Balaban J connectivity index is 2.21. The summed E-state index contributed by atoms with van der Waals surface area (Å²) in [6.07, 6.45) is 2.51. The van der Waals surface area contributed by atoms with Gasteiger partial charge < -0.3 is 9.51 Å². The van der Waals surface area contributed by atoms with Crippen LogP contribution in [0.5, 0.6) is 0 Å². The second kappa shape index (κ2) is 5.88. The Morgan fingerprint density at radius 2 is 1.91 bits per heavy atom. The first kappa shape index (κ1) is 15.3. The van der Waals surface area contributed by atoms with Crippen molar-refractivity contribution >= 4 is 11.6 Å². The van der Waals surface area contributed by atoms with Crippen LogP contribution >= 0.6 is 0 Å². The molecule has 4 nitrogen and oxygen atoms in total. The van der Waals surface area contributed by atoms with Crippen molar-refractivity contribution in [1.29, 1.82) is 0 Å². The molecule has 0 unspecified atom stereocenters. The van der Waals surface area contributed by atoms with Gasteiger partial charge in [0.25, 0.3) is 0 Å². The molecular formula is C19H20N2O2. The number of carboxylic acid groups (broad SMARTS) is 1. The monoisotopic (exact) mass is 308 g/mol. The molecule has 0 saturated heterocycles. The van der Waals surface area contributed by atoms with E-state index in [2.05, 4.69) is 32.0 Å². The van der Waals surface area contributed by atoms with Gasteiger partial charge in [-0.3, -0.25) is 4.79 Å². The van der Waals surface area contributed by atoms with E-state index in [-0.39, 0.29) is 6.42 Å². The van der Waals surface area contributed by atoms with Gasteiger partial charge in [0.15, 0.2) is 0 Å². The molecule has 0 bridgehead atoms. The third-order valence-corrected chi connectivity index (χ3v) is 4.30. The minimum Gasteiger partial charge on any atom is -0.481 e. The van der Waals surface area contributed by atoms with Gasteiger partial charge >= 0.3 is 5.97 Å². The Bertz CT molecular complexity index is 894. The lowest BCUT2D eigenvalue weighted by Gasteiger charge is -2.06. The second-order valence-electron chi connectivity index (χ2n) is 5.98. The average molecular weight is 308 g/mol. The number of imidazole rings is 1. The van der Waals surface area contributed by atoms with E-state index in [4.69, 9.17) is 10.1 Å². The number of carboxylic acids is 1. The van der Waals surface area contributed by atoms with E-state index >= 15 is 0 Å². The normalized spacial score (nSPS) is 11.1. The fraction of sp³-hybridized carbons (Fsp3) is 0.263. The van der Waals surface area contributed by atoms with Gasteiger partial charge in [-0.25, -0.2) is 4.98 Å². The molecule has 3 rings (SSSR count). The standard InChI is InChI=1S/C19H20N2O2/c1-12-6-7-15(11-14(12)3)18-16(8-9-17(22)23)21-10-4-5-13(2)19(21)20-18/h4-7,10-11H,8-9H2,1-3H3,(H,22,23). The summed E-state index contributed by atoms with van der Waals surface area (Å²) in [5, 5.41) is 9.05. The zero-order chi connectivity index (χ0) is 16.6. The van der Waals surface area contributed by atoms with Gasteiger partial charge in [0.05, 0.1) is 17.8 Å². The summed E-state index contributed by atoms with van der Waals surface area (Å²) in [4.78, 5) is 15.8. The van der Waals surface area contributed by atoms with E-state index in [9.17, 15) is 4.79 Å². The third kappa shape index (κ3) is 2.84. The number of pyridine rings is 1. The Labute approximate surface area is 135 Å². The zero-order valence-electron chi connectivity index (χ0n) is 13.6. The van der Waals surface area contributed by atoms with E-state index < -0.39 is 5.97 Å². The van der Waals surface area contributed by atoms with Crippen LogP contribution in [0.2, 0.25) is 0 Å². The largest absolute Gasteiger partial charge is 0.481 e. The number of rotatable bonds is 4. The van der Waals surface area contributed by atoms with Gasteiger partial charge in [-0.15, -0.1) is 0 Å². The number of hydrogen-bond acceptors (Lipinski definition) is 2. The minimum atomic E-state index is -0.793. The molecule has 2 aromatic heterocycles. The fourth-order valence-electron chi connectivity index (χ4n) is 2.84. The number of nitrogens with zero attached hydrogens (tertiary/aromatic N) is 2. The molecule has 1 N–H and O–H groups in total. The number of aryl methyl sites for hydroxylation is 4. The van der Waals surface area contributed by atoms with E-state index in [1.165, 1.54) is 11.1 Å². The minimum absolute atomic E-state index is 0.0968. The summed E-state index contributed by atoms with van der Waals surface area (Å²) in [6.45, 7) is 6.18. The molecule has 0 atom stereocenters. The van der Waals surface area contributed by atoms with Crippen LogP contribution in [0, 0.1) is 20.8 Å². The highest BCUT2D eigenvalue weighted by atomic mass is 16.4. The number of fused-ring (bicyclic) bond motifs is 1. The number of aliphatic carboxylic acids is 1. The van der Waals surface area contributed by atoms with Gasteiger partial charge in [0, 0.05) is 18.2 Å². The number of carbonyl (C=O) groups is 1. The quantitative estimate of drug-likeness (QED) is 0.794. The molecule has 0 saturated carbocycles. The summed E-state index contributed by atoms with van der Waals surface area (Å²) in [5.74, 6) is -0.793. The maximum absolute atomic E-state index is 11.0. The van der Waals surface area contributed by atoms with Crippen LogP contribution in [0.4, 0.5) is 0 Å². The maximum atomic E-state index is 11.0. The Morgan fingerprint density at radius 1 is 1.13 bits per heavy atom. The fourth-order valence-corrected chi connectivity index (χ4v) is 2.84. The van der Waals surface area contributed by atoms with Gasteiger partial charge in [0.2, 0.25) is 0 Å². The summed E-state index contributed by atoms with van der Waals surface area (Å²) in [5.41, 5.74) is 7.29. The van der Waals surface area contributed by atoms with Gasteiger partial charge in [-0.05, 0) is 49.6 Å². The van der Waals surface area contributed by atoms with Crippen LogP contribution in [0.15, 0.2) is 36.5 Å². The van der Waals surface area contributed by atoms with Crippen molar-refractivity contribution in [2.45, 2.75) is 33.6 Å². The molecule has 0 aliphatic heterocycles. The lowest BCUT2D eigenvalue weighted by atomic mass is 10.0. The van der Waals surface area contributed by atoms with Crippen LogP contribution in [0.25, 0.3) is 16.9 Å². The molecule has 0 spiro atoms. The maximum Gasteiger partial charge on any atom is 0.303 e. The summed E-state index contributed by atoms with van der Waals surface area (Å²) < 4.78 is 2.02. The average Bonchev–Trinajstić information content (AvgIpc) is 2.88. The first-order valence-electron chi connectivity index (χ1n) is 7.73. The highest BCUT2D eigenvalue weighted by Gasteiger charge is 2.16. The molecule has 4 heteroatoms. The molecule has 0 amide bonds. The number of benzene rings is 1. The van der Waals surface area contributed by atoms with Crippen LogP contribution in [-0.4, -0.2) is 20.5 Å². The first-order chi connectivity index (χ1) is 11.0. The number of aromatic nitrogens is 2. The highest BCUT2D eigenvalue weighted by molar-refractivity contribution is 5.71. The molecule has 1 aromatic carbocycles. The van der Waals surface area contributed by atoms with Crippen molar-refractivity contribution in [3.8, 4) is 11.3 Å². The molecule has 0 radical (unpaired) electrons. The van der Waals surface area contributed by atoms with Crippen LogP contribution in [0.3, 0.4) is 0 Å². The van der Waals surface area contributed by atoms with Crippen molar-refractivity contribution in [2.24, 2.45) is 0 Å². The third-order valence-electron chi connectivity index (χ3n) is 4.30. The molecule has 0 aliphatic rings. The topological polar surface area (TPSA) is 54.6 Å². The molecule has 118 valence electrons. The van der Waals surface area contributed by atoms with Gasteiger partial charge in [-0.2, -0.15) is 0 Å². The lowest BCUT2D eigenvalue weighted by molar-refractivity contribution is -0.136. The van der Waals surface area contributed by atoms with E-state index in [1.807, 2.05) is 29.7 Å².